The maximum atomic E-state index is 4.62. The molecule has 0 aliphatic carbocycles. The van der Waals surface area contributed by atoms with Gasteiger partial charge in [0, 0.05) is 43.0 Å². The van der Waals surface area contributed by atoms with Crippen molar-refractivity contribution in [3.05, 3.63) is 97.4 Å². The minimum Gasteiger partial charge on any atom is -0.357 e. The number of aromatic nitrogens is 4. The molecular formula is C22H25N5. The largest absolute Gasteiger partial charge is 0.357 e. The Morgan fingerprint density at radius 1 is 1.19 bits per heavy atom. The fourth-order valence-electron chi connectivity index (χ4n) is 2.94. The Balaban J connectivity index is 2.00. The van der Waals surface area contributed by atoms with Gasteiger partial charge in [-0.05, 0) is 31.7 Å². The summed E-state index contributed by atoms with van der Waals surface area (Å²) < 4.78 is 3.85. The lowest BCUT2D eigenvalue weighted by atomic mass is 10.1. The van der Waals surface area contributed by atoms with Crippen LogP contribution in [0.25, 0.3) is 11.3 Å². The first-order chi connectivity index (χ1) is 13.1. The zero-order valence-electron chi connectivity index (χ0n) is 16.0. The summed E-state index contributed by atoms with van der Waals surface area (Å²) in [5.41, 5.74) is 4.25. The van der Waals surface area contributed by atoms with Gasteiger partial charge in [-0.25, -0.2) is 4.68 Å². The molecule has 2 heterocycles. The molecule has 0 N–H and O–H groups in total. The summed E-state index contributed by atoms with van der Waals surface area (Å²) >= 11 is 0. The SMILES string of the molecule is C=CN(C)/C=C(\C(=C/C)n1cccn1)c1cnn(C(C)c2ccccc2)c1. The minimum atomic E-state index is 0.150. The van der Waals surface area contributed by atoms with Crippen LogP contribution in [0.5, 0.6) is 0 Å². The van der Waals surface area contributed by atoms with Crippen LogP contribution in [0.15, 0.2) is 86.2 Å². The lowest BCUT2D eigenvalue weighted by Crippen LogP contribution is -2.07. The van der Waals surface area contributed by atoms with Gasteiger partial charge in [-0.15, -0.1) is 0 Å². The highest BCUT2D eigenvalue weighted by atomic mass is 15.3. The molecule has 0 amide bonds. The molecule has 0 fully saturated rings. The number of hydrogen-bond donors (Lipinski definition) is 0. The molecule has 138 valence electrons. The Morgan fingerprint density at radius 3 is 2.59 bits per heavy atom. The predicted octanol–water partition coefficient (Wildman–Crippen LogP) is 4.67. The molecule has 1 atom stereocenters. The summed E-state index contributed by atoms with van der Waals surface area (Å²) in [5, 5.41) is 9.01. The van der Waals surface area contributed by atoms with Gasteiger partial charge in [-0.3, -0.25) is 4.68 Å². The molecule has 0 aliphatic heterocycles. The van der Waals surface area contributed by atoms with Crippen molar-refractivity contribution >= 4 is 11.3 Å². The second kappa shape index (κ2) is 8.36. The predicted molar refractivity (Wildman–Crippen MR) is 111 cm³/mol. The van der Waals surface area contributed by atoms with Gasteiger partial charge >= 0.3 is 0 Å². The van der Waals surface area contributed by atoms with Crippen LogP contribution >= 0.6 is 0 Å². The molecule has 0 saturated heterocycles. The van der Waals surface area contributed by atoms with Gasteiger partial charge in [-0.2, -0.15) is 10.2 Å². The summed E-state index contributed by atoms with van der Waals surface area (Å²) in [6.45, 7) is 8.00. The smallest absolute Gasteiger partial charge is 0.0740 e. The third-order valence-corrected chi connectivity index (χ3v) is 4.51. The van der Waals surface area contributed by atoms with Crippen LogP contribution in [-0.4, -0.2) is 31.5 Å². The average Bonchev–Trinajstić information content (AvgIpc) is 3.40. The van der Waals surface area contributed by atoms with Gasteiger partial charge < -0.3 is 4.90 Å². The molecule has 2 aromatic heterocycles. The van der Waals surface area contributed by atoms with Gasteiger partial charge in [0.05, 0.1) is 17.9 Å². The third-order valence-electron chi connectivity index (χ3n) is 4.51. The molecule has 27 heavy (non-hydrogen) atoms. The molecule has 0 radical (unpaired) electrons. The summed E-state index contributed by atoms with van der Waals surface area (Å²) in [7, 11) is 1.96. The quantitative estimate of drug-likeness (QED) is 0.576. The zero-order valence-corrected chi connectivity index (χ0v) is 16.0. The standard InChI is InChI=1S/C22H25N5/c1-5-22(26-14-10-13-23-26)21(17-25(4)6-2)20-15-24-27(16-20)18(3)19-11-8-7-9-12-19/h5-18H,2H2,1,3-4H3/b21-17-,22-5+. The van der Waals surface area contributed by atoms with E-state index in [-0.39, 0.29) is 6.04 Å². The van der Waals surface area contributed by atoms with Crippen LogP contribution in [0.2, 0.25) is 0 Å². The van der Waals surface area contributed by atoms with Crippen molar-refractivity contribution in [2.24, 2.45) is 0 Å². The Labute approximate surface area is 160 Å². The molecule has 0 saturated carbocycles. The molecule has 3 rings (SSSR count). The third kappa shape index (κ3) is 4.08. The number of nitrogens with zero attached hydrogens (tertiary/aromatic N) is 5. The van der Waals surface area contributed by atoms with Crippen molar-refractivity contribution in [2.45, 2.75) is 19.9 Å². The summed E-state index contributed by atoms with van der Waals surface area (Å²) in [4.78, 5) is 1.93. The van der Waals surface area contributed by atoms with Crippen molar-refractivity contribution in [1.82, 2.24) is 24.5 Å². The van der Waals surface area contributed by atoms with Gasteiger partial charge in [0.2, 0.25) is 0 Å². The maximum absolute atomic E-state index is 4.62. The Bertz CT molecular complexity index is 932. The highest BCUT2D eigenvalue weighted by Gasteiger charge is 2.15. The summed E-state index contributed by atoms with van der Waals surface area (Å²) in [6, 6.07) is 12.4. The maximum Gasteiger partial charge on any atom is 0.0740 e. The van der Waals surface area contributed by atoms with Crippen molar-refractivity contribution < 1.29 is 0 Å². The molecule has 0 bridgehead atoms. The average molecular weight is 359 g/mol. The second-order valence-electron chi connectivity index (χ2n) is 6.31. The summed E-state index contributed by atoms with van der Waals surface area (Å²) in [5.74, 6) is 0. The number of hydrogen-bond acceptors (Lipinski definition) is 3. The second-order valence-corrected chi connectivity index (χ2v) is 6.31. The van der Waals surface area contributed by atoms with E-state index < -0.39 is 0 Å². The van der Waals surface area contributed by atoms with Gasteiger partial charge in [0.1, 0.15) is 0 Å². The van der Waals surface area contributed by atoms with E-state index >= 15 is 0 Å². The molecule has 5 nitrogen and oxygen atoms in total. The molecule has 1 unspecified atom stereocenters. The lowest BCUT2D eigenvalue weighted by Gasteiger charge is -2.15. The van der Waals surface area contributed by atoms with Gasteiger partial charge in [-0.1, -0.05) is 43.0 Å². The number of rotatable bonds is 7. The van der Waals surface area contributed by atoms with Crippen molar-refractivity contribution in [2.75, 3.05) is 7.05 Å². The van der Waals surface area contributed by atoms with E-state index in [1.807, 2.05) is 65.0 Å². The fraction of sp³-hybridized carbons (Fsp3) is 0.182. The fourth-order valence-corrected chi connectivity index (χ4v) is 2.94. The molecule has 3 aromatic rings. The first kappa shape index (κ1) is 18.5. The van der Waals surface area contributed by atoms with E-state index in [9.17, 15) is 0 Å². The van der Waals surface area contributed by atoms with E-state index in [4.69, 9.17) is 0 Å². The van der Waals surface area contributed by atoms with Crippen LogP contribution in [0.4, 0.5) is 0 Å². The van der Waals surface area contributed by atoms with Crippen LogP contribution < -0.4 is 0 Å². The van der Waals surface area contributed by atoms with Crippen LogP contribution in [0.1, 0.15) is 31.0 Å². The molecule has 1 aromatic carbocycles. The van der Waals surface area contributed by atoms with Crippen LogP contribution in [-0.2, 0) is 0 Å². The lowest BCUT2D eigenvalue weighted by molar-refractivity contribution is 0.564. The zero-order chi connectivity index (χ0) is 19.2. The highest BCUT2D eigenvalue weighted by Crippen LogP contribution is 2.28. The first-order valence-electron chi connectivity index (χ1n) is 8.96. The first-order valence-corrected chi connectivity index (χ1v) is 8.96. The molecular weight excluding hydrogens is 334 g/mol. The molecule has 5 heteroatoms. The Morgan fingerprint density at radius 2 is 1.96 bits per heavy atom. The van der Waals surface area contributed by atoms with E-state index in [2.05, 4.69) is 54.2 Å². The van der Waals surface area contributed by atoms with E-state index in [1.54, 1.807) is 12.4 Å². The minimum absolute atomic E-state index is 0.150. The number of allylic oxidation sites excluding steroid dienone is 3. The summed E-state index contributed by atoms with van der Waals surface area (Å²) in [6.07, 6.45) is 13.6. The van der Waals surface area contributed by atoms with E-state index in [0.717, 1.165) is 16.8 Å². The van der Waals surface area contributed by atoms with E-state index in [0.29, 0.717) is 0 Å². The van der Waals surface area contributed by atoms with E-state index in [1.165, 1.54) is 5.56 Å². The monoisotopic (exact) mass is 359 g/mol. The number of benzene rings is 1. The molecule has 0 spiro atoms. The van der Waals surface area contributed by atoms with Crippen molar-refractivity contribution in [3.63, 3.8) is 0 Å². The highest BCUT2D eigenvalue weighted by molar-refractivity contribution is 5.97. The normalized spacial score (nSPS) is 13.4. The van der Waals surface area contributed by atoms with Crippen LogP contribution in [0, 0.1) is 0 Å². The van der Waals surface area contributed by atoms with Crippen molar-refractivity contribution in [3.8, 4) is 0 Å². The molecule has 0 aliphatic rings. The van der Waals surface area contributed by atoms with Crippen LogP contribution in [0.3, 0.4) is 0 Å². The van der Waals surface area contributed by atoms with Gasteiger partial charge in [0.25, 0.3) is 0 Å². The Hall–Kier alpha value is -3.34. The van der Waals surface area contributed by atoms with Gasteiger partial charge in [0.15, 0.2) is 0 Å². The topological polar surface area (TPSA) is 38.9 Å². The van der Waals surface area contributed by atoms with Crippen molar-refractivity contribution in [1.29, 1.82) is 0 Å². The Kier molecular flexibility index (Phi) is 5.71.